The van der Waals surface area contributed by atoms with Crippen molar-refractivity contribution >= 4 is 21.4 Å². The molecule has 0 unspecified atom stereocenters. The molecule has 26 heavy (non-hydrogen) atoms. The van der Waals surface area contributed by atoms with Crippen LogP contribution in [0.5, 0.6) is 0 Å². The lowest BCUT2D eigenvalue weighted by Crippen LogP contribution is -2.38. The van der Waals surface area contributed by atoms with Crippen LogP contribution in [-0.2, 0) is 16.6 Å². The van der Waals surface area contributed by atoms with Gasteiger partial charge in [0.1, 0.15) is 0 Å². The van der Waals surface area contributed by atoms with E-state index < -0.39 is 10.0 Å². The van der Waals surface area contributed by atoms with Gasteiger partial charge in [-0.3, -0.25) is 4.90 Å². The summed E-state index contributed by atoms with van der Waals surface area (Å²) in [7, 11) is -3.42. The zero-order valence-electron chi connectivity index (χ0n) is 15.5. The maximum absolute atomic E-state index is 12.5. The van der Waals surface area contributed by atoms with Crippen LogP contribution in [-0.4, -0.2) is 33.0 Å². The number of nitrogens with one attached hydrogen (secondary N) is 1. The first-order valence-electron chi connectivity index (χ1n) is 9.27. The predicted molar refractivity (Wildman–Crippen MR) is 108 cm³/mol. The molecule has 1 aromatic carbocycles. The fourth-order valence-electron chi connectivity index (χ4n) is 3.33. The van der Waals surface area contributed by atoms with E-state index in [-0.39, 0.29) is 0 Å². The Morgan fingerprint density at radius 1 is 1.15 bits per heavy atom. The van der Waals surface area contributed by atoms with Gasteiger partial charge in [-0.05, 0) is 77.9 Å². The van der Waals surface area contributed by atoms with Gasteiger partial charge < -0.3 is 0 Å². The van der Waals surface area contributed by atoms with E-state index in [2.05, 4.69) is 40.3 Å². The lowest BCUT2D eigenvalue weighted by molar-refractivity contribution is 0.179. The predicted octanol–water partition coefficient (Wildman–Crippen LogP) is 4.06. The summed E-state index contributed by atoms with van der Waals surface area (Å²) in [5.74, 6) is 0.817. The molecule has 1 aromatic heterocycles. The third kappa shape index (κ3) is 5.16. The van der Waals surface area contributed by atoms with Crippen molar-refractivity contribution < 1.29 is 8.42 Å². The first-order chi connectivity index (χ1) is 12.4. The van der Waals surface area contributed by atoms with Gasteiger partial charge in [-0.25, -0.2) is 13.1 Å². The van der Waals surface area contributed by atoms with Crippen LogP contribution in [0.4, 0.5) is 0 Å². The molecule has 0 radical (unpaired) electrons. The summed E-state index contributed by atoms with van der Waals surface area (Å²) in [4.78, 5) is 2.81. The van der Waals surface area contributed by atoms with Crippen molar-refractivity contribution in [3.05, 3.63) is 52.2 Å². The zero-order chi connectivity index (χ0) is 18.6. The van der Waals surface area contributed by atoms with E-state index in [1.165, 1.54) is 5.56 Å². The normalized spacial score (nSPS) is 17.0. The third-order valence-electron chi connectivity index (χ3n) is 5.11. The Hall–Kier alpha value is -1.21. The second-order valence-electron chi connectivity index (χ2n) is 7.43. The summed E-state index contributed by atoms with van der Waals surface area (Å²) in [6, 6.07) is 9.40. The molecule has 0 aliphatic carbocycles. The van der Waals surface area contributed by atoms with E-state index in [1.807, 2.05) is 12.1 Å². The molecule has 0 spiro atoms. The molecular formula is C20H28N2O2S2. The molecule has 4 nitrogen and oxygen atoms in total. The van der Waals surface area contributed by atoms with Crippen molar-refractivity contribution in [2.24, 2.45) is 5.92 Å². The largest absolute Gasteiger partial charge is 0.299 e. The minimum atomic E-state index is -3.42. The average Bonchev–Trinajstić information content (AvgIpc) is 3.14. The highest BCUT2D eigenvalue weighted by molar-refractivity contribution is 7.89. The number of benzene rings is 1. The number of likely N-dealkylation sites (tertiary alicyclic amines) is 1. The van der Waals surface area contributed by atoms with Gasteiger partial charge in [-0.2, -0.15) is 11.3 Å². The van der Waals surface area contributed by atoms with Gasteiger partial charge in [-0.15, -0.1) is 0 Å². The molecule has 1 aliphatic rings. The third-order valence-corrected chi connectivity index (χ3v) is 7.28. The standard InChI is InChI=1S/C20H28N2O2S2/c1-16(2)19-3-5-20(6-4-19)26(23,24)21-13-17-7-10-22(11-8-17)14-18-9-12-25-15-18/h3-6,9,12,15-17,21H,7-8,10-11,13-14H2,1-2H3. The number of hydrogen-bond donors (Lipinski definition) is 1. The minimum absolute atomic E-state index is 0.358. The molecule has 1 saturated heterocycles. The Balaban J connectivity index is 1.48. The quantitative estimate of drug-likeness (QED) is 0.773. The Morgan fingerprint density at radius 3 is 2.42 bits per heavy atom. The van der Waals surface area contributed by atoms with Gasteiger partial charge in [0, 0.05) is 13.1 Å². The molecule has 0 amide bonds. The molecule has 2 aromatic rings. The van der Waals surface area contributed by atoms with E-state index in [0.717, 1.165) is 38.0 Å². The van der Waals surface area contributed by atoms with E-state index >= 15 is 0 Å². The molecule has 3 rings (SSSR count). The lowest BCUT2D eigenvalue weighted by Gasteiger charge is -2.31. The van der Waals surface area contributed by atoms with Gasteiger partial charge >= 0.3 is 0 Å². The Kier molecular flexibility index (Phi) is 6.51. The molecule has 142 valence electrons. The van der Waals surface area contributed by atoms with Crippen LogP contribution >= 0.6 is 11.3 Å². The smallest absolute Gasteiger partial charge is 0.240 e. The molecule has 2 heterocycles. The summed E-state index contributed by atoms with van der Waals surface area (Å²) in [6.07, 6.45) is 2.08. The Bertz CT molecular complexity index is 776. The van der Waals surface area contributed by atoms with Crippen molar-refractivity contribution in [1.82, 2.24) is 9.62 Å². The number of nitrogens with zero attached hydrogens (tertiary/aromatic N) is 1. The minimum Gasteiger partial charge on any atom is -0.299 e. The van der Waals surface area contributed by atoms with Crippen molar-refractivity contribution in [3.8, 4) is 0 Å². The zero-order valence-corrected chi connectivity index (χ0v) is 17.2. The summed E-state index contributed by atoms with van der Waals surface area (Å²) in [6.45, 7) is 7.81. The fourth-order valence-corrected chi connectivity index (χ4v) is 5.11. The molecule has 1 aliphatic heterocycles. The van der Waals surface area contributed by atoms with E-state index in [4.69, 9.17) is 0 Å². The van der Waals surface area contributed by atoms with Crippen LogP contribution in [0.3, 0.4) is 0 Å². The van der Waals surface area contributed by atoms with Crippen LogP contribution in [0.2, 0.25) is 0 Å². The number of hydrogen-bond acceptors (Lipinski definition) is 4. The second kappa shape index (κ2) is 8.65. The average molecular weight is 393 g/mol. The monoisotopic (exact) mass is 392 g/mol. The number of rotatable bonds is 7. The van der Waals surface area contributed by atoms with Gasteiger partial charge in [-0.1, -0.05) is 26.0 Å². The van der Waals surface area contributed by atoms with Crippen LogP contribution in [0.15, 0.2) is 46.0 Å². The summed E-state index contributed by atoms with van der Waals surface area (Å²) in [5, 5.41) is 4.31. The first kappa shape index (κ1) is 19.5. The summed E-state index contributed by atoms with van der Waals surface area (Å²) in [5.41, 5.74) is 2.53. The van der Waals surface area contributed by atoms with E-state index in [1.54, 1.807) is 23.5 Å². The van der Waals surface area contributed by atoms with Crippen LogP contribution < -0.4 is 4.72 Å². The summed E-state index contributed by atoms with van der Waals surface area (Å²) < 4.78 is 27.8. The maximum atomic E-state index is 12.5. The highest BCUT2D eigenvalue weighted by atomic mass is 32.2. The molecule has 0 bridgehead atoms. The molecule has 1 fully saturated rings. The van der Waals surface area contributed by atoms with Crippen molar-refractivity contribution in [2.45, 2.75) is 44.0 Å². The number of sulfonamides is 1. The highest BCUT2D eigenvalue weighted by Gasteiger charge is 2.22. The molecule has 6 heteroatoms. The maximum Gasteiger partial charge on any atom is 0.240 e. The van der Waals surface area contributed by atoms with Crippen molar-refractivity contribution in [2.75, 3.05) is 19.6 Å². The highest BCUT2D eigenvalue weighted by Crippen LogP contribution is 2.21. The van der Waals surface area contributed by atoms with Crippen molar-refractivity contribution in [3.63, 3.8) is 0 Å². The molecular weight excluding hydrogens is 364 g/mol. The Morgan fingerprint density at radius 2 is 1.85 bits per heavy atom. The fraction of sp³-hybridized carbons (Fsp3) is 0.500. The van der Waals surface area contributed by atoms with E-state index in [0.29, 0.717) is 23.3 Å². The van der Waals surface area contributed by atoms with E-state index in [9.17, 15) is 8.42 Å². The summed E-state index contributed by atoms with van der Waals surface area (Å²) >= 11 is 1.74. The van der Waals surface area contributed by atoms with Crippen LogP contribution in [0, 0.1) is 5.92 Å². The lowest BCUT2D eigenvalue weighted by atomic mass is 9.97. The van der Waals surface area contributed by atoms with Gasteiger partial charge in [0.2, 0.25) is 10.0 Å². The second-order valence-corrected chi connectivity index (χ2v) is 9.97. The van der Waals surface area contributed by atoms with Gasteiger partial charge in [0.25, 0.3) is 0 Å². The molecule has 1 N–H and O–H groups in total. The topological polar surface area (TPSA) is 49.4 Å². The van der Waals surface area contributed by atoms with Crippen molar-refractivity contribution in [1.29, 1.82) is 0 Å². The van der Waals surface area contributed by atoms with Gasteiger partial charge in [0.15, 0.2) is 0 Å². The van der Waals surface area contributed by atoms with Gasteiger partial charge in [0.05, 0.1) is 4.90 Å². The first-order valence-corrected chi connectivity index (χ1v) is 11.7. The number of piperidine rings is 1. The van der Waals surface area contributed by atoms with Crippen LogP contribution in [0.25, 0.3) is 0 Å². The molecule has 0 saturated carbocycles. The van der Waals surface area contributed by atoms with Crippen LogP contribution in [0.1, 0.15) is 43.7 Å². The molecule has 0 atom stereocenters. The Labute approximate surface area is 161 Å². The SMILES string of the molecule is CC(C)c1ccc(S(=O)(=O)NCC2CCN(Cc3ccsc3)CC2)cc1. The number of thiophene rings is 1.